The molecule has 0 atom stereocenters. The number of thiophene rings is 1. The average Bonchev–Trinajstić information content (AvgIpc) is 2.53. The van der Waals surface area contributed by atoms with Crippen molar-refractivity contribution in [2.75, 3.05) is 19.5 Å². The summed E-state index contributed by atoms with van der Waals surface area (Å²) in [5, 5.41) is 0.535. The van der Waals surface area contributed by atoms with Crippen LogP contribution in [0.15, 0.2) is 0 Å². The van der Waals surface area contributed by atoms with Gasteiger partial charge in [-0.05, 0) is 0 Å². The summed E-state index contributed by atoms with van der Waals surface area (Å²) in [7, 11) is 1.36. The van der Waals surface area contributed by atoms with Gasteiger partial charge >= 0.3 is 5.97 Å². The van der Waals surface area contributed by atoms with Crippen molar-refractivity contribution in [2.24, 2.45) is 0 Å². The monoisotopic (exact) mass is 213 g/mol. The lowest BCUT2D eigenvalue weighted by atomic mass is 10.1. The van der Waals surface area contributed by atoms with Crippen molar-refractivity contribution in [3.63, 3.8) is 0 Å². The van der Waals surface area contributed by atoms with Gasteiger partial charge in [0.05, 0.1) is 25.9 Å². The van der Waals surface area contributed by atoms with Gasteiger partial charge in [-0.25, -0.2) is 4.79 Å². The van der Waals surface area contributed by atoms with Crippen molar-refractivity contribution in [1.29, 1.82) is 0 Å². The number of nitrogen functional groups attached to an aromatic ring is 1. The van der Waals surface area contributed by atoms with E-state index in [1.807, 2.05) is 0 Å². The van der Waals surface area contributed by atoms with E-state index in [1.165, 1.54) is 18.4 Å². The molecule has 2 heterocycles. The Bertz CT molecular complexity index is 372. The second kappa shape index (κ2) is 3.59. The molecular weight excluding hydrogens is 202 g/mol. The summed E-state index contributed by atoms with van der Waals surface area (Å²) < 4.78 is 9.96. The summed E-state index contributed by atoms with van der Waals surface area (Å²) in [6.45, 7) is 1.17. The average molecular weight is 213 g/mol. The number of hydrogen-bond donors (Lipinski definition) is 1. The zero-order valence-electron chi connectivity index (χ0n) is 7.83. The van der Waals surface area contributed by atoms with Crippen molar-refractivity contribution in [2.45, 2.75) is 13.0 Å². The molecule has 0 aliphatic carbocycles. The Morgan fingerprint density at radius 3 is 3.14 bits per heavy atom. The Balaban J connectivity index is 2.47. The van der Waals surface area contributed by atoms with E-state index in [0.717, 1.165) is 16.9 Å². The number of esters is 1. The lowest BCUT2D eigenvalue weighted by Gasteiger charge is -2.12. The third kappa shape index (κ3) is 1.38. The fourth-order valence-electron chi connectivity index (χ4n) is 1.55. The van der Waals surface area contributed by atoms with Gasteiger partial charge in [0.1, 0.15) is 5.00 Å². The van der Waals surface area contributed by atoms with Gasteiger partial charge in [0.25, 0.3) is 0 Å². The van der Waals surface area contributed by atoms with Gasteiger partial charge in [-0.2, -0.15) is 0 Å². The number of anilines is 1. The van der Waals surface area contributed by atoms with Crippen LogP contribution in [0, 0.1) is 0 Å². The smallest absolute Gasteiger partial charge is 0.341 e. The minimum absolute atomic E-state index is 0.370. The second-order valence-corrected chi connectivity index (χ2v) is 4.17. The van der Waals surface area contributed by atoms with E-state index in [9.17, 15) is 4.79 Å². The van der Waals surface area contributed by atoms with Gasteiger partial charge in [0.15, 0.2) is 0 Å². The number of carbonyl (C=O) groups is 1. The topological polar surface area (TPSA) is 61.5 Å². The molecule has 0 saturated carbocycles. The molecule has 0 fully saturated rings. The van der Waals surface area contributed by atoms with Crippen molar-refractivity contribution >= 4 is 22.3 Å². The highest BCUT2D eigenvalue weighted by Crippen LogP contribution is 2.34. The van der Waals surface area contributed by atoms with E-state index < -0.39 is 0 Å². The zero-order chi connectivity index (χ0) is 10.1. The maximum atomic E-state index is 11.4. The summed E-state index contributed by atoms with van der Waals surface area (Å²) in [6.07, 6.45) is 0.835. The Hall–Kier alpha value is -1.07. The summed E-state index contributed by atoms with van der Waals surface area (Å²) in [4.78, 5) is 12.6. The Labute approximate surface area is 85.6 Å². The second-order valence-electron chi connectivity index (χ2n) is 3.04. The summed E-state index contributed by atoms with van der Waals surface area (Å²) in [5.74, 6) is -0.370. The van der Waals surface area contributed by atoms with Crippen LogP contribution < -0.4 is 5.73 Å². The number of carbonyl (C=O) groups excluding carboxylic acids is 1. The van der Waals surface area contributed by atoms with Crippen LogP contribution in [0.25, 0.3) is 0 Å². The molecule has 2 rings (SSSR count). The van der Waals surface area contributed by atoms with Crippen LogP contribution in [0.5, 0.6) is 0 Å². The van der Waals surface area contributed by atoms with E-state index in [0.29, 0.717) is 23.8 Å². The van der Waals surface area contributed by atoms with Gasteiger partial charge in [-0.15, -0.1) is 11.3 Å². The molecule has 2 N–H and O–H groups in total. The van der Waals surface area contributed by atoms with Gasteiger partial charge in [0.2, 0.25) is 0 Å². The highest BCUT2D eigenvalue weighted by Gasteiger charge is 2.24. The molecule has 14 heavy (non-hydrogen) atoms. The molecule has 1 aromatic heterocycles. The van der Waals surface area contributed by atoms with Crippen molar-refractivity contribution in [3.8, 4) is 0 Å². The van der Waals surface area contributed by atoms with E-state index in [-0.39, 0.29) is 5.97 Å². The van der Waals surface area contributed by atoms with Crippen LogP contribution in [-0.4, -0.2) is 19.7 Å². The Morgan fingerprint density at radius 2 is 2.43 bits per heavy atom. The molecule has 1 aliphatic rings. The number of fused-ring (bicyclic) bond motifs is 1. The van der Waals surface area contributed by atoms with Gasteiger partial charge in [-0.1, -0.05) is 0 Å². The van der Waals surface area contributed by atoms with Crippen LogP contribution in [0.4, 0.5) is 5.00 Å². The largest absolute Gasteiger partial charge is 0.465 e. The van der Waals surface area contributed by atoms with Crippen LogP contribution in [0.2, 0.25) is 0 Å². The molecular formula is C9H11NO3S. The molecule has 5 heteroatoms. The van der Waals surface area contributed by atoms with Crippen molar-refractivity contribution in [1.82, 2.24) is 0 Å². The number of nitrogens with two attached hydrogens (primary N) is 1. The first-order valence-corrected chi connectivity index (χ1v) is 5.11. The van der Waals surface area contributed by atoms with E-state index in [1.54, 1.807) is 0 Å². The minimum Gasteiger partial charge on any atom is -0.465 e. The highest BCUT2D eigenvalue weighted by molar-refractivity contribution is 7.16. The Morgan fingerprint density at radius 1 is 1.64 bits per heavy atom. The van der Waals surface area contributed by atoms with E-state index in [4.69, 9.17) is 10.5 Å². The van der Waals surface area contributed by atoms with Crippen LogP contribution in [0.3, 0.4) is 0 Å². The lowest BCUT2D eigenvalue weighted by molar-refractivity contribution is 0.0591. The van der Waals surface area contributed by atoms with Gasteiger partial charge in [-0.3, -0.25) is 0 Å². The molecule has 0 aromatic carbocycles. The lowest BCUT2D eigenvalue weighted by Crippen LogP contribution is -2.12. The van der Waals surface area contributed by atoms with Gasteiger partial charge in [0, 0.05) is 16.9 Å². The molecule has 1 aliphatic heterocycles. The molecule has 4 nitrogen and oxygen atoms in total. The van der Waals surface area contributed by atoms with Crippen molar-refractivity contribution < 1.29 is 14.3 Å². The van der Waals surface area contributed by atoms with E-state index in [2.05, 4.69) is 4.74 Å². The van der Waals surface area contributed by atoms with Crippen LogP contribution in [-0.2, 0) is 22.5 Å². The third-order valence-electron chi connectivity index (χ3n) is 2.23. The first kappa shape index (κ1) is 9.48. The fourth-order valence-corrected chi connectivity index (χ4v) is 2.60. The summed E-state index contributed by atoms with van der Waals surface area (Å²) >= 11 is 1.46. The highest BCUT2D eigenvalue weighted by atomic mass is 32.1. The summed E-state index contributed by atoms with van der Waals surface area (Å²) in [5.41, 5.74) is 7.16. The molecule has 0 unspecified atom stereocenters. The van der Waals surface area contributed by atoms with Crippen LogP contribution >= 0.6 is 11.3 Å². The maximum absolute atomic E-state index is 11.4. The number of rotatable bonds is 1. The minimum atomic E-state index is -0.370. The normalized spacial score (nSPS) is 14.9. The first-order valence-electron chi connectivity index (χ1n) is 4.30. The third-order valence-corrected chi connectivity index (χ3v) is 3.35. The predicted octanol–water partition coefficient (Wildman–Crippen LogP) is 1.19. The Kier molecular flexibility index (Phi) is 2.43. The molecule has 0 amide bonds. The number of ether oxygens (including phenoxy) is 2. The molecule has 0 saturated heterocycles. The SMILES string of the molecule is COC(=O)c1c(N)sc2c1COCC2. The molecule has 1 aromatic rings. The first-order chi connectivity index (χ1) is 6.74. The van der Waals surface area contributed by atoms with Crippen molar-refractivity contribution in [3.05, 3.63) is 16.0 Å². The van der Waals surface area contributed by atoms with E-state index >= 15 is 0 Å². The molecule has 0 spiro atoms. The zero-order valence-corrected chi connectivity index (χ0v) is 8.65. The maximum Gasteiger partial charge on any atom is 0.341 e. The summed E-state index contributed by atoms with van der Waals surface area (Å²) in [6, 6.07) is 0. The number of hydrogen-bond acceptors (Lipinski definition) is 5. The van der Waals surface area contributed by atoms with Crippen LogP contribution in [0.1, 0.15) is 20.8 Å². The standard InChI is InChI=1S/C9H11NO3S/c1-12-9(11)7-5-4-13-3-2-6(5)14-8(7)10/h2-4,10H2,1H3. The molecule has 0 bridgehead atoms. The molecule has 76 valence electrons. The fraction of sp³-hybridized carbons (Fsp3) is 0.444. The predicted molar refractivity (Wildman–Crippen MR) is 53.4 cm³/mol. The quantitative estimate of drug-likeness (QED) is 0.712. The van der Waals surface area contributed by atoms with Gasteiger partial charge < -0.3 is 15.2 Å². The molecule has 0 radical (unpaired) electrons. The number of methoxy groups -OCH3 is 1.